The van der Waals surface area contributed by atoms with Crippen molar-refractivity contribution in [3.8, 4) is 23.3 Å². The maximum Gasteiger partial charge on any atom is 0.328 e. The van der Waals surface area contributed by atoms with Gasteiger partial charge in [-0.1, -0.05) is 0 Å². The van der Waals surface area contributed by atoms with E-state index >= 15 is 0 Å². The maximum absolute atomic E-state index is 14.5. The van der Waals surface area contributed by atoms with E-state index in [2.05, 4.69) is 27.0 Å². The molecule has 0 fully saturated rings. The number of aromatic nitrogens is 2. The molecule has 4 N–H and O–H groups in total. The fraction of sp³-hybridized carbons (Fsp3) is 0.233. The lowest BCUT2D eigenvalue weighted by atomic mass is 10.00. The fourth-order valence-electron chi connectivity index (χ4n) is 5.27. The summed E-state index contributed by atoms with van der Waals surface area (Å²) in [7, 11) is 3.17. The molecule has 0 amide bonds. The number of imidazole rings is 1. The average Bonchev–Trinajstić information content (AvgIpc) is 3.34. The highest BCUT2D eigenvalue weighted by Crippen LogP contribution is 2.36. The Kier molecular flexibility index (Phi) is 7.33. The normalized spacial score (nSPS) is 16.6. The van der Waals surface area contributed by atoms with Crippen LogP contribution in [0.3, 0.4) is 0 Å². The Bertz CT molecular complexity index is 1930. The number of hydrogen-bond acceptors (Lipinski definition) is 9. The van der Waals surface area contributed by atoms with Crippen LogP contribution in [0.1, 0.15) is 29.2 Å². The first-order valence-corrected chi connectivity index (χ1v) is 13.4. The Balaban J connectivity index is 1.32. The van der Waals surface area contributed by atoms with E-state index in [1.807, 2.05) is 12.1 Å². The number of hydrogen-bond donors (Lipinski definition) is 4. The number of halogens is 2. The zero-order chi connectivity index (χ0) is 30.1. The third-order valence-corrected chi connectivity index (χ3v) is 7.32. The Morgan fingerprint density at radius 2 is 2.00 bits per heavy atom. The van der Waals surface area contributed by atoms with Gasteiger partial charge in [0.25, 0.3) is 0 Å². The first-order chi connectivity index (χ1) is 20.9. The molecule has 6 rings (SSSR count). The van der Waals surface area contributed by atoms with Crippen LogP contribution in [0.2, 0.25) is 0 Å². The number of benzene rings is 3. The average molecular weight is 588 g/mol. The van der Waals surface area contributed by atoms with Gasteiger partial charge < -0.3 is 35.1 Å². The summed E-state index contributed by atoms with van der Waals surface area (Å²) in [5.41, 5.74) is 2.64. The summed E-state index contributed by atoms with van der Waals surface area (Å²) in [6.07, 6.45) is 1.17. The van der Waals surface area contributed by atoms with E-state index in [0.717, 1.165) is 11.6 Å². The molecule has 0 spiro atoms. The minimum absolute atomic E-state index is 0.0791. The molecule has 43 heavy (non-hydrogen) atoms. The molecule has 0 saturated heterocycles. The number of ether oxygens (including phenoxy) is 3. The molecule has 3 heterocycles. The molecule has 2 atom stereocenters. The number of fused-ring (bicyclic) bond motifs is 2. The third kappa shape index (κ3) is 5.30. The van der Waals surface area contributed by atoms with Gasteiger partial charge in [-0.05, 0) is 36.4 Å². The van der Waals surface area contributed by atoms with Crippen molar-refractivity contribution in [3.63, 3.8) is 0 Å². The monoisotopic (exact) mass is 587 g/mol. The first kappa shape index (κ1) is 27.6. The second kappa shape index (κ2) is 11.4. The summed E-state index contributed by atoms with van der Waals surface area (Å²) in [4.78, 5) is 20.6. The quantitative estimate of drug-likeness (QED) is 0.247. The Morgan fingerprint density at radius 3 is 2.79 bits per heavy atom. The van der Waals surface area contributed by atoms with Gasteiger partial charge in [0, 0.05) is 42.4 Å². The summed E-state index contributed by atoms with van der Waals surface area (Å²) < 4.78 is 46.3. The lowest BCUT2D eigenvalue weighted by Gasteiger charge is -2.27. The molecule has 2 aliphatic heterocycles. The predicted octanol–water partition coefficient (Wildman–Crippen LogP) is 2.68. The van der Waals surface area contributed by atoms with Crippen LogP contribution in [0.15, 0.2) is 58.3 Å². The molecule has 13 heteroatoms. The van der Waals surface area contributed by atoms with Gasteiger partial charge in [0.1, 0.15) is 22.7 Å². The lowest BCUT2D eigenvalue weighted by Crippen LogP contribution is -2.46. The number of nitrogens with zero attached hydrogens (tertiary/aromatic N) is 3. The van der Waals surface area contributed by atoms with Crippen LogP contribution in [0.25, 0.3) is 6.20 Å². The smallest absolute Gasteiger partial charge is 0.328 e. The molecule has 0 saturated carbocycles. The molecule has 4 aromatic rings. The SMILES string of the molecule is COc1ccc(CNc2ccc(C#N)cc2NC2N=c3c([nH]c(=O)n3C3CCOc4c(F)cc(F)cc43)=CN2)c(OC)c1. The van der Waals surface area contributed by atoms with E-state index < -0.39 is 29.7 Å². The van der Waals surface area contributed by atoms with Crippen molar-refractivity contribution in [1.29, 1.82) is 5.26 Å². The van der Waals surface area contributed by atoms with E-state index in [1.165, 1.54) is 10.6 Å². The van der Waals surface area contributed by atoms with E-state index in [9.17, 15) is 18.8 Å². The van der Waals surface area contributed by atoms with Gasteiger partial charge in [0.15, 0.2) is 23.3 Å². The Hall–Kier alpha value is -5.51. The van der Waals surface area contributed by atoms with Crippen molar-refractivity contribution >= 4 is 17.6 Å². The molecule has 220 valence electrons. The molecule has 2 aliphatic rings. The summed E-state index contributed by atoms with van der Waals surface area (Å²) in [6, 6.07) is 14.1. The molecular formula is C30H27F2N7O4. The van der Waals surface area contributed by atoms with Crippen molar-refractivity contribution in [1.82, 2.24) is 14.9 Å². The number of H-pyrrole nitrogens is 1. The van der Waals surface area contributed by atoms with Gasteiger partial charge in [-0.25, -0.2) is 18.6 Å². The van der Waals surface area contributed by atoms with Crippen molar-refractivity contribution in [3.05, 3.63) is 98.2 Å². The second-order valence-electron chi connectivity index (χ2n) is 9.89. The van der Waals surface area contributed by atoms with E-state index in [0.29, 0.717) is 52.2 Å². The largest absolute Gasteiger partial charge is 0.497 e. The van der Waals surface area contributed by atoms with Crippen molar-refractivity contribution < 1.29 is 23.0 Å². The van der Waals surface area contributed by atoms with Crippen LogP contribution in [-0.2, 0) is 6.54 Å². The number of rotatable bonds is 8. The minimum Gasteiger partial charge on any atom is -0.497 e. The summed E-state index contributed by atoms with van der Waals surface area (Å²) in [5.74, 6) is -0.347. The van der Waals surface area contributed by atoms with Crippen LogP contribution in [0.5, 0.6) is 17.2 Å². The Labute approximate surface area is 244 Å². The van der Waals surface area contributed by atoms with Gasteiger partial charge in [0.2, 0.25) is 0 Å². The van der Waals surface area contributed by atoms with Crippen LogP contribution in [0, 0.1) is 23.0 Å². The molecule has 11 nitrogen and oxygen atoms in total. The van der Waals surface area contributed by atoms with E-state index in [-0.39, 0.29) is 17.9 Å². The first-order valence-electron chi connectivity index (χ1n) is 13.4. The van der Waals surface area contributed by atoms with Crippen LogP contribution >= 0.6 is 0 Å². The van der Waals surface area contributed by atoms with E-state index in [1.54, 1.807) is 44.7 Å². The highest BCUT2D eigenvalue weighted by molar-refractivity contribution is 5.71. The van der Waals surface area contributed by atoms with Crippen molar-refractivity contribution in [2.75, 3.05) is 31.5 Å². The highest BCUT2D eigenvalue weighted by atomic mass is 19.1. The van der Waals surface area contributed by atoms with Gasteiger partial charge >= 0.3 is 5.69 Å². The van der Waals surface area contributed by atoms with Gasteiger partial charge in [0.05, 0.1) is 49.9 Å². The predicted molar refractivity (Wildman–Crippen MR) is 153 cm³/mol. The van der Waals surface area contributed by atoms with Crippen molar-refractivity contribution in [2.45, 2.75) is 25.3 Å². The number of aromatic amines is 1. The molecular weight excluding hydrogens is 560 g/mol. The fourth-order valence-corrected chi connectivity index (χ4v) is 5.27. The zero-order valence-electron chi connectivity index (χ0n) is 23.2. The highest BCUT2D eigenvalue weighted by Gasteiger charge is 2.30. The summed E-state index contributed by atoms with van der Waals surface area (Å²) in [6.45, 7) is 0.554. The number of anilines is 2. The molecule has 2 unspecified atom stereocenters. The topological polar surface area (TPSA) is 138 Å². The van der Waals surface area contributed by atoms with Gasteiger partial charge in [-0.2, -0.15) is 5.26 Å². The second-order valence-corrected chi connectivity index (χ2v) is 9.89. The zero-order valence-corrected chi connectivity index (χ0v) is 23.2. The minimum atomic E-state index is -0.827. The lowest BCUT2D eigenvalue weighted by molar-refractivity contribution is 0.239. The number of nitrogens with one attached hydrogen (secondary N) is 4. The molecule has 0 radical (unpaired) electrons. The third-order valence-electron chi connectivity index (χ3n) is 7.32. The summed E-state index contributed by atoms with van der Waals surface area (Å²) >= 11 is 0. The molecule has 0 bridgehead atoms. The van der Waals surface area contributed by atoms with Crippen LogP contribution in [0.4, 0.5) is 20.2 Å². The van der Waals surface area contributed by atoms with Gasteiger partial charge in [-0.15, -0.1) is 0 Å². The van der Waals surface area contributed by atoms with Crippen LogP contribution < -0.4 is 46.7 Å². The molecule has 1 aromatic heterocycles. The Morgan fingerprint density at radius 1 is 1.14 bits per heavy atom. The number of nitriles is 1. The number of methoxy groups -OCH3 is 2. The van der Waals surface area contributed by atoms with Gasteiger partial charge in [-0.3, -0.25) is 4.57 Å². The standard InChI is InChI=1S/C30H27F2N7O4/c1-41-19-5-4-17(26(12-19)42-2)14-34-22-6-3-16(13-33)9-23(22)36-29-35-15-24-28(38-29)39(30(40)37-24)25-7-8-43-27-20(25)10-18(31)11-21(27)32/h3-6,9-12,15,25,29,34-36H,7-8,14H2,1-2H3,(H,37,40). The van der Waals surface area contributed by atoms with Crippen LogP contribution in [-0.4, -0.2) is 36.7 Å². The maximum atomic E-state index is 14.5. The summed E-state index contributed by atoms with van der Waals surface area (Å²) in [5, 5.41) is 19.7. The van der Waals surface area contributed by atoms with Crippen molar-refractivity contribution in [2.24, 2.45) is 4.99 Å². The van der Waals surface area contributed by atoms with E-state index in [4.69, 9.17) is 19.2 Å². The molecule has 0 aliphatic carbocycles. The molecule has 3 aromatic carbocycles.